The number of hydrogen-bond donors (Lipinski definition) is 1. The molecule has 0 atom stereocenters. The molecule has 4 heteroatoms. The van der Waals surface area contributed by atoms with Gasteiger partial charge in [0.05, 0.1) is 7.11 Å². The van der Waals surface area contributed by atoms with E-state index in [9.17, 15) is 9.59 Å². The molecule has 0 aliphatic heterocycles. The van der Waals surface area contributed by atoms with E-state index in [1.165, 1.54) is 0 Å². The second-order valence-corrected chi connectivity index (χ2v) is 2.67. The van der Waals surface area contributed by atoms with Gasteiger partial charge in [0, 0.05) is 11.3 Å². The molecule has 1 aromatic rings. The number of carbonyl (C=O) groups is 2. The van der Waals surface area contributed by atoms with Gasteiger partial charge in [0.1, 0.15) is 0 Å². The predicted octanol–water partition coefficient (Wildman–Crippen LogP) is 0.779. The summed E-state index contributed by atoms with van der Waals surface area (Å²) in [5.74, 6) is 0.689. The maximum atomic E-state index is 11.1. The molecule has 0 aromatic heterocycles. The van der Waals surface area contributed by atoms with Gasteiger partial charge in [0.2, 0.25) is 0 Å². The molecule has 15 heavy (non-hydrogen) atoms. The minimum absolute atomic E-state index is 0.490. The number of amides is 1. The fourth-order valence-corrected chi connectivity index (χ4v) is 0.925. The maximum Gasteiger partial charge on any atom is 0.396 e. The van der Waals surface area contributed by atoms with E-state index >= 15 is 0 Å². The summed E-state index contributed by atoms with van der Waals surface area (Å²) < 4.78 is 4.25. The van der Waals surface area contributed by atoms with Crippen LogP contribution in [-0.2, 0) is 14.3 Å². The van der Waals surface area contributed by atoms with Gasteiger partial charge < -0.3 is 10.1 Å². The summed E-state index contributed by atoms with van der Waals surface area (Å²) in [7, 11) is 1.14. The number of rotatable bonds is 1. The van der Waals surface area contributed by atoms with Crippen molar-refractivity contribution in [2.45, 2.75) is 0 Å². The Morgan fingerprint density at radius 2 is 1.93 bits per heavy atom. The summed E-state index contributed by atoms with van der Waals surface area (Å²) in [6.45, 7) is 0. The molecule has 1 amide bonds. The van der Waals surface area contributed by atoms with Crippen LogP contribution in [0.2, 0.25) is 0 Å². The number of methoxy groups -OCH3 is 1. The number of benzene rings is 1. The normalized spacial score (nSPS) is 8.80. The Kier molecular flexibility index (Phi) is 3.47. The summed E-state index contributed by atoms with van der Waals surface area (Å²) in [6.07, 6.45) is 5.16. The van der Waals surface area contributed by atoms with E-state index in [1.807, 2.05) is 0 Å². The molecule has 1 aromatic carbocycles. The smallest absolute Gasteiger partial charge is 0.396 e. The number of esters is 1. The van der Waals surface area contributed by atoms with E-state index in [4.69, 9.17) is 6.42 Å². The SMILES string of the molecule is C#Cc1ccc(NC(=O)C(=O)OC)cc1. The minimum Gasteiger partial charge on any atom is -0.462 e. The Bertz CT molecular complexity index is 414. The highest BCUT2D eigenvalue weighted by molar-refractivity contribution is 6.37. The zero-order valence-electron chi connectivity index (χ0n) is 8.11. The van der Waals surface area contributed by atoms with Crippen molar-refractivity contribution in [1.29, 1.82) is 0 Å². The van der Waals surface area contributed by atoms with Gasteiger partial charge in [-0.1, -0.05) is 5.92 Å². The van der Waals surface area contributed by atoms with Crippen molar-refractivity contribution in [1.82, 2.24) is 0 Å². The Morgan fingerprint density at radius 3 is 2.40 bits per heavy atom. The van der Waals surface area contributed by atoms with Crippen molar-refractivity contribution in [2.24, 2.45) is 0 Å². The van der Waals surface area contributed by atoms with E-state index in [0.717, 1.165) is 7.11 Å². The molecule has 4 nitrogen and oxygen atoms in total. The van der Waals surface area contributed by atoms with Crippen molar-refractivity contribution in [3.63, 3.8) is 0 Å². The largest absolute Gasteiger partial charge is 0.462 e. The molecular formula is C11H9NO3. The third-order valence-electron chi connectivity index (χ3n) is 1.68. The quantitative estimate of drug-likeness (QED) is 0.417. The van der Waals surface area contributed by atoms with Gasteiger partial charge in [-0.3, -0.25) is 4.79 Å². The molecule has 0 spiro atoms. The summed E-state index contributed by atoms with van der Waals surface area (Å²) in [4.78, 5) is 21.8. The predicted molar refractivity (Wildman–Crippen MR) is 55.0 cm³/mol. The Hall–Kier alpha value is -2.28. The van der Waals surface area contributed by atoms with Gasteiger partial charge in [0.15, 0.2) is 0 Å². The van der Waals surface area contributed by atoms with Crippen LogP contribution in [0.4, 0.5) is 5.69 Å². The number of terminal acetylenes is 1. The molecule has 0 bridgehead atoms. The highest BCUT2D eigenvalue weighted by atomic mass is 16.5. The van der Waals surface area contributed by atoms with Crippen molar-refractivity contribution in [3.8, 4) is 12.3 Å². The lowest BCUT2D eigenvalue weighted by Crippen LogP contribution is -2.23. The molecule has 1 N–H and O–H groups in total. The molecule has 0 aliphatic carbocycles. The first-order valence-corrected chi connectivity index (χ1v) is 4.13. The lowest BCUT2D eigenvalue weighted by molar-refractivity contribution is -0.150. The average molecular weight is 203 g/mol. The van der Waals surface area contributed by atoms with Gasteiger partial charge in [-0.25, -0.2) is 4.79 Å². The third kappa shape index (κ3) is 2.85. The van der Waals surface area contributed by atoms with Crippen LogP contribution in [0.1, 0.15) is 5.56 Å². The fraction of sp³-hybridized carbons (Fsp3) is 0.0909. The molecule has 0 fully saturated rings. The van der Waals surface area contributed by atoms with Gasteiger partial charge >= 0.3 is 11.9 Å². The van der Waals surface area contributed by atoms with E-state index in [-0.39, 0.29) is 0 Å². The van der Waals surface area contributed by atoms with Crippen LogP contribution in [0.5, 0.6) is 0 Å². The Morgan fingerprint density at radius 1 is 1.33 bits per heavy atom. The lowest BCUT2D eigenvalue weighted by Gasteiger charge is -2.02. The number of nitrogens with one attached hydrogen (secondary N) is 1. The number of hydrogen-bond acceptors (Lipinski definition) is 3. The zero-order valence-corrected chi connectivity index (χ0v) is 8.11. The van der Waals surface area contributed by atoms with Crippen LogP contribution in [0.3, 0.4) is 0 Å². The summed E-state index contributed by atoms with van der Waals surface area (Å²) in [5, 5.41) is 2.36. The highest BCUT2D eigenvalue weighted by Crippen LogP contribution is 2.08. The van der Waals surface area contributed by atoms with Gasteiger partial charge in [-0.2, -0.15) is 0 Å². The van der Waals surface area contributed by atoms with Crippen LogP contribution in [0.25, 0.3) is 0 Å². The number of ether oxygens (including phenoxy) is 1. The molecule has 1 rings (SSSR count). The van der Waals surface area contributed by atoms with Crippen molar-refractivity contribution in [2.75, 3.05) is 12.4 Å². The Labute approximate surface area is 87.2 Å². The molecule has 0 saturated carbocycles. The fourth-order valence-electron chi connectivity index (χ4n) is 0.925. The zero-order chi connectivity index (χ0) is 11.3. The average Bonchev–Trinajstić information content (AvgIpc) is 2.29. The lowest BCUT2D eigenvalue weighted by atomic mass is 10.2. The highest BCUT2D eigenvalue weighted by Gasteiger charge is 2.12. The Balaban J connectivity index is 2.70. The third-order valence-corrected chi connectivity index (χ3v) is 1.68. The molecule has 0 heterocycles. The van der Waals surface area contributed by atoms with Crippen molar-refractivity contribution < 1.29 is 14.3 Å². The van der Waals surface area contributed by atoms with Crippen LogP contribution in [0.15, 0.2) is 24.3 Å². The topological polar surface area (TPSA) is 55.4 Å². The second kappa shape index (κ2) is 4.82. The minimum atomic E-state index is -0.934. The van der Waals surface area contributed by atoms with E-state index in [0.29, 0.717) is 11.3 Å². The van der Waals surface area contributed by atoms with E-state index in [2.05, 4.69) is 16.0 Å². The standard InChI is InChI=1S/C11H9NO3/c1-3-8-4-6-9(7-5-8)12-10(13)11(14)15-2/h1,4-7H,2H3,(H,12,13). The molecule has 0 aliphatic rings. The second-order valence-electron chi connectivity index (χ2n) is 2.67. The first kappa shape index (κ1) is 10.8. The van der Waals surface area contributed by atoms with E-state index < -0.39 is 11.9 Å². The molecule has 76 valence electrons. The molecule has 0 unspecified atom stereocenters. The van der Waals surface area contributed by atoms with Gasteiger partial charge in [-0.15, -0.1) is 6.42 Å². The maximum absolute atomic E-state index is 11.1. The number of carbonyl (C=O) groups excluding carboxylic acids is 2. The molecule has 0 radical (unpaired) electrons. The van der Waals surface area contributed by atoms with Gasteiger partial charge in [0.25, 0.3) is 0 Å². The summed E-state index contributed by atoms with van der Waals surface area (Å²) >= 11 is 0. The van der Waals surface area contributed by atoms with Crippen LogP contribution >= 0.6 is 0 Å². The number of anilines is 1. The summed E-state index contributed by atoms with van der Waals surface area (Å²) in [5.41, 5.74) is 1.19. The van der Waals surface area contributed by atoms with Crippen molar-refractivity contribution in [3.05, 3.63) is 29.8 Å². The van der Waals surface area contributed by atoms with Crippen LogP contribution in [0, 0.1) is 12.3 Å². The van der Waals surface area contributed by atoms with Crippen molar-refractivity contribution >= 4 is 17.6 Å². The molecular weight excluding hydrogens is 194 g/mol. The van der Waals surface area contributed by atoms with Gasteiger partial charge in [-0.05, 0) is 24.3 Å². The van der Waals surface area contributed by atoms with E-state index in [1.54, 1.807) is 24.3 Å². The van der Waals surface area contributed by atoms with Crippen LogP contribution < -0.4 is 5.32 Å². The first-order valence-electron chi connectivity index (χ1n) is 4.13. The monoisotopic (exact) mass is 203 g/mol. The van der Waals surface area contributed by atoms with Crippen LogP contribution in [-0.4, -0.2) is 19.0 Å². The first-order chi connectivity index (χ1) is 7.17. The summed E-state index contributed by atoms with van der Waals surface area (Å²) in [6, 6.07) is 6.53. The molecule has 0 saturated heterocycles.